The summed E-state index contributed by atoms with van der Waals surface area (Å²) in [6.07, 6.45) is -0.547. The van der Waals surface area contributed by atoms with E-state index in [-0.39, 0.29) is 31.2 Å². The smallest absolute Gasteiger partial charge is 0.408 e. The number of rotatable bonds is 15. The van der Waals surface area contributed by atoms with Gasteiger partial charge in [0, 0.05) is 5.75 Å². The van der Waals surface area contributed by atoms with Gasteiger partial charge in [-0.2, -0.15) is 12.6 Å². The predicted molar refractivity (Wildman–Crippen MR) is 144 cm³/mol. The summed E-state index contributed by atoms with van der Waals surface area (Å²) in [5.41, 5.74) is 0.781. The summed E-state index contributed by atoms with van der Waals surface area (Å²) in [6.45, 7) is 4.31. The molecule has 3 atom stereocenters. The molecule has 0 bridgehead atoms. The zero-order chi connectivity index (χ0) is 29.4. The van der Waals surface area contributed by atoms with E-state index in [2.05, 4.69) is 43.9 Å². The molecule has 5 amide bonds. The normalized spacial score (nSPS) is 12.8. The van der Waals surface area contributed by atoms with E-state index in [9.17, 15) is 28.8 Å². The summed E-state index contributed by atoms with van der Waals surface area (Å²) >= 11 is 4.07. The van der Waals surface area contributed by atoms with Gasteiger partial charge < -0.3 is 36.1 Å². The number of thiol groups is 1. The molecule has 0 heterocycles. The fourth-order valence-corrected chi connectivity index (χ4v) is 3.35. The molecule has 216 valence electrons. The lowest BCUT2D eigenvalue weighted by atomic mass is 10.0. The molecule has 1 rings (SSSR count). The van der Waals surface area contributed by atoms with Crippen molar-refractivity contribution in [2.75, 3.05) is 26.0 Å². The van der Waals surface area contributed by atoms with Crippen LogP contribution in [0.1, 0.15) is 32.8 Å². The highest BCUT2D eigenvalue weighted by atomic mass is 32.1. The topological polar surface area (TPSA) is 181 Å². The molecule has 0 radical (unpaired) electrons. The zero-order valence-electron chi connectivity index (χ0n) is 22.4. The van der Waals surface area contributed by atoms with Gasteiger partial charge in [-0.15, -0.1) is 0 Å². The Labute approximate surface area is 232 Å². The van der Waals surface area contributed by atoms with Gasteiger partial charge in [-0.05, 0) is 24.8 Å². The summed E-state index contributed by atoms with van der Waals surface area (Å²) in [5, 5.41) is 12.1. The van der Waals surface area contributed by atoms with Gasteiger partial charge in [0.25, 0.3) is 0 Å². The minimum Gasteiger partial charge on any atom is -0.468 e. The van der Waals surface area contributed by atoms with Crippen LogP contribution < -0.4 is 26.6 Å². The van der Waals surface area contributed by atoms with Gasteiger partial charge in [0.1, 0.15) is 31.3 Å². The van der Waals surface area contributed by atoms with Gasteiger partial charge in [0.05, 0.1) is 13.7 Å². The maximum Gasteiger partial charge on any atom is 0.408 e. The Kier molecular flexibility index (Phi) is 15.0. The van der Waals surface area contributed by atoms with Crippen LogP contribution in [0.15, 0.2) is 30.3 Å². The van der Waals surface area contributed by atoms with Crippen molar-refractivity contribution in [3.8, 4) is 0 Å². The third-order valence-electron chi connectivity index (χ3n) is 5.17. The van der Waals surface area contributed by atoms with Crippen LogP contribution in [-0.2, 0) is 40.1 Å². The van der Waals surface area contributed by atoms with Crippen molar-refractivity contribution < 1.29 is 38.2 Å². The van der Waals surface area contributed by atoms with Crippen molar-refractivity contribution in [2.45, 2.75) is 51.9 Å². The fourth-order valence-electron chi connectivity index (χ4n) is 3.10. The van der Waals surface area contributed by atoms with Crippen LogP contribution in [0.4, 0.5) is 4.79 Å². The van der Waals surface area contributed by atoms with E-state index < -0.39 is 60.4 Å². The van der Waals surface area contributed by atoms with E-state index in [0.717, 1.165) is 5.56 Å². The van der Waals surface area contributed by atoms with Crippen LogP contribution in [-0.4, -0.2) is 79.8 Å². The number of alkyl carbamates (subject to hydrolysis) is 1. The van der Waals surface area contributed by atoms with Crippen molar-refractivity contribution in [3.05, 3.63) is 35.9 Å². The van der Waals surface area contributed by atoms with E-state index in [1.807, 2.05) is 19.9 Å². The molecule has 0 aromatic heterocycles. The number of carbonyl (C=O) groups is 6. The summed E-state index contributed by atoms with van der Waals surface area (Å²) < 4.78 is 9.53. The first kappa shape index (κ1) is 33.2. The van der Waals surface area contributed by atoms with Crippen molar-refractivity contribution in [1.82, 2.24) is 26.6 Å². The number of methoxy groups -OCH3 is 1. The molecule has 0 aliphatic heterocycles. The minimum atomic E-state index is -1.06. The molecule has 0 saturated heterocycles. The first-order valence-electron chi connectivity index (χ1n) is 12.3. The maximum absolute atomic E-state index is 12.8. The van der Waals surface area contributed by atoms with Crippen LogP contribution in [0.25, 0.3) is 0 Å². The number of amides is 5. The largest absolute Gasteiger partial charge is 0.468 e. The molecular weight excluding hydrogens is 530 g/mol. The Hall–Kier alpha value is -3.81. The Morgan fingerprint density at radius 2 is 1.46 bits per heavy atom. The first-order chi connectivity index (χ1) is 18.5. The first-order valence-corrected chi connectivity index (χ1v) is 12.9. The lowest BCUT2D eigenvalue weighted by Crippen LogP contribution is -2.56. The lowest BCUT2D eigenvalue weighted by Gasteiger charge is -2.23. The Morgan fingerprint density at radius 1 is 0.821 bits per heavy atom. The van der Waals surface area contributed by atoms with Gasteiger partial charge in [-0.3, -0.25) is 24.0 Å². The SMILES string of the molecule is COC(=O)CNC(=O)[C@H](CS)NC(=O)[C@H](CC(C)C)NC(=O)CNC(=O)[C@H](C)NC(=O)OCc1ccccc1. The maximum atomic E-state index is 12.8. The summed E-state index contributed by atoms with van der Waals surface area (Å²) in [5.74, 6) is -3.28. The second kappa shape index (κ2) is 17.7. The highest BCUT2D eigenvalue weighted by Crippen LogP contribution is 2.06. The van der Waals surface area contributed by atoms with E-state index in [0.29, 0.717) is 0 Å². The third-order valence-corrected chi connectivity index (χ3v) is 5.54. The van der Waals surface area contributed by atoms with Gasteiger partial charge in [0.2, 0.25) is 23.6 Å². The second-order valence-corrected chi connectivity index (χ2v) is 9.30. The van der Waals surface area contributed by atoms with E-state index in [1.54, 1.807) is 24.3 Å². The van der Waals surface area contributed by atoms with Crippen LogP contribution in [0.3, 0.4) is 0 Å². The molecule has 0 spiro atoms. The van der Waals surface area contributed by atoms with E-state index >= 15 is 0 Å². The molecule has 13 nitrogen and oxygen atoms in total. The zero-order valence-corrected chi connectivity index (χ0v) is 23.3. The predicted octanol–water partition coefficient (Wildman–Crippen LogP) is -0.348. The third kappa shape index (κ3) is 13.5. The monoisotopic (exact) mass is 567 g/mol. The Balaban J connectivity index is 2.57. The van der Waals surface area contributed by atoms with Gasteiger partial charge in [-0.1, -0.05) is 44.2 Å². The number of ether oxygens (including phenoxy) is 2. The van der Waals surface area contributed by atoms with Crippen LogP contribution >= 0.6 is 12.6 Å². The summed E-state index contributed by atoms with van der Waals surface area (Å²) in [4.78, 5) is 73.1. The van der Waals surface area contributed by atoms with Crippen molar-refractivity contribution in [2.24, 2.45) is 5.92 Å². The average molecular weight is 568 g/mol. The molecule has 1 aromatic carbocycles. The standard InChI is InChI=1S/C25H37N5O8S/c1-15(2)10-18(24(35)30-19(14-39)23(34)27-12-21(32)37-4)29-20(31)11-26-22(33)16(3)28-25(36)38-13-17-8-6-5-7-9-17/h5-9,15-16,18-19,39H,10-14H2,1-4H3,(H,26,33)(H,27,34)(H,28,36)(H,29,31)(H,30,35)/t16-,18-,19-/m0/s1. The molecule has 39 heavy (non-hydrogen) atoms. The van der Waals surface area contributed by atoms with Crippen LogP contribution in [0, 0.1) is 5.92 Å². The van der Waals surface area contributed by atoms with E-state index in [1.165, 1.54) is 14.0 Å². The number of esters is 1. The number of nitrogens with one attached hydrogen (secondary N) is 5. The Bertz CT molecular complexity index is 992. The van der Waals surface area contributed by atoms with Gasteiger partial charge >= 0.3 is 12.1 Å². The second-order valence-electron chi connectivity index (χ2n) is 8.93. The highest BCUT2D eigenvalue weighted by Gasteiger charge is 2.27. The van der Waals surface area contributed by atoms with Crippen LogP contribution in [0.2, 0.25) is 0 Å². The molecule has 5 N–H and O–H groups in total. The number of hydrogen-bond acceptors (Lipinski definition) is 9. The van der Waals surface area contributed by atoms with Gasteiger partial charge in [-0.25, -0.2) is 4.79 Å². The quantitative estimate of drug-likeness (QED) is 0.123. The molecule has 0 fully saturated rings. The molecular formula is C25H37N5O8S. The fraction of sp³-hybridized carbons (Fsp3) is 0.520. The minimum absolute atomic E-state index is 0.00404. The van der Waals surface area contributed by atoms with Gasteiger partial charge in [0.15, 0.2) is 0 Å². The molecule has 0 aliphatic carbocycles. The van der Waals surface area contributed by atoms with Crippen molar-refractivity contribution in [3.63, 3.8) is 0 Å². The lowest BCUT2D eigenvalue weighted by molar-refractivity contribution is -0.141. The van der Waals surface area contributed by atoms with Crippen molar-refractivity contribution >= 4 is 48.3 Å². The summed E-state index contributed by atoms with van der Waals surface area (Å²) in [7, 11) is 1.17. The molecule has 0 saturated carbocycles. The summed E-state index contributed by atoms with van der Waals surface area (Å²) in [6, 6.07) is 5.94. The number of benzene rings is 1. The van der Waals surface area contributed by atoms with Crippen molar-refractivity contribution in [1.29, 1.82) is 0 Å². The molecule has 1 aromatic rings. The molecule has 14 heteroatoms. The molecule has 0 unspecified atom stereocenters. The highest BCUT2D eigenvalue weighted by molar-refractivity contribution is 7.80. The van der Waals surface area contributed by atoms with Crippen LogP contribution in [0.5, 0.6) is 0 Å². The van der Waals surface area contributed by atoms with E-state index in [4.69, 9.17) is 4.74 Å². The average Bonchev–Trinajstić information content (AvgIpc) is 2.91. The molecule has 0 aliphatic rings. The number of carbonyl (C=O) groups excluding carboxylic acids is 6. The number of hydrogen-bond donors (Lipinski definition) is 6. The Morgan fingerprint density at radius 3 is 2.05 bits per heavy atom.